The summed E-state index contributed by atoms with van der Waals surface area (Å²) in [5.41, 5.74) is 0. The zero-order valence-corrected chi connectivity index (χ0v) is 16.0. The van der Waals surface area contributed by atoms with Gasteiger partial charge in [0.2, 0.25) is 0 Å². The van der Waals surface area contributed by atoms with Crippen LogP contribution in [0.4, 0.5) is 0 Å². The summed E-state index contributed by atoms with van der Waals surface area (Å²) in [6.07, 6.45) is 17.5. The highest BCUT2D eigenvalue weighted by molar-refractivity contribution is 5.86. The number of ketones is 1. The van der Waals surface area contributed by atoms with E-state index in [1.165, 1.54) is 0 Å². The molecule has 0 aromatic carbocycles. The maximum atomic E-state index is 12.0. The van der Waals surface area contributed by atoms with Gasteiger partial charge in [-0.2, -0.15) is 0 Å². The summed E-state index contributed by atoms with van der Waals surface area (Å²) in [5.74, 6) is -1.94. The van der Waals surface area contributed by atoms with E-state index >= 15 is 0 Å². The van der Waals surface area contributed by atoms with Crippen LogP contribution in [-0.2, 0) is 9.59 Å². The summed E-state index contributed by atoms with van der Waals surface area (Å²) >= 11 is 0. The van der Waals surface area contributed by atoms with Crippen molar-refractivity contribution < 1.29 is 24.9 Å². The Kier molecular flexibility index (Phi) is 11.3. The molecule has 150 valence electrons. The first-order valence-corrected chi connectivity index (χ1v) is 9.69. The molecule has 4 atom stereocenters. The average molecular weight is 376 g/mol. The fourth-order valence-electron chi connectivity index (χ4n) is 3.15. The molecule has 1 aliphatic rings. The number of allylic oxidation sites excluding steroid dienone is 6. The van der Waals surface area contributed by atoms with Gasteiger partial charge in [0, 0.05) is 18.8 Å². The summed E-state index contributed by atoms with van der Waals surface area (Å²) < 4.78 is 0. The van der Waals surface area contributed by atoms with Gasteiger partial charge in [-0.15, -0.1) is 0 Å². The number of rotatable bonds is 12. The molecule has 0 aromatic heterocycles. The van der Waals surface area contributed by atoms with Crippen LogP contribution >= 0.6 is 0 Å². The van der Waals surface area contributed by atoms with Crippen LogP contribution in [0.3, 0.4) is 0 Å². The SMILES string of the molecule is CC/C=C\C/C=C/C/C=C\C[C@@H](O)/C=C/[C@H]1C(=O)C[C@@H](O)[C@H]1CCC(=O)O. The molecule has 0 amide bonds. The molecule has 0 saturated heterocycles. The van der Waals surface area contributed by atoms with Crippen LogP contribution in [0.2, 0.25) is 0 Å². The van der Waals surface area contributed by atoms with E-state index in [0.717, 1.165) is 19.3 Å². The second-order valence-corrected chi connectivity index (χ2v) is 6.84. The molecule has 0 spiro atoms. The number of Topliss-reactive ketones (excluding diaryl/α,β-unsaturated/α-hetero) is 1. The van der Waals surface area contributed by atoms with Crippen molar-refractivity contribution in [2.45, 2.75) is 64.1 Å². The maximum absolute atomic E-state index is 12.0. The van der Waals surface area contributed by atoms with Crippen LogP contribution in [0.25, 0.3) is 0 Å². The van der Waals surface area contributed by atoms with E-state index in [4.69, 9.17) is 5.11 Å². The van der Waals surface area contributed by atoms with Crippen LogP contribution < -0.4 is 0 Å². The molecule has 1 saturated carbocycles. The number of aliphatic hydroxyl groups excluding tert-OH is 2. The lowest BCUT2D eigenvalue weighted by atomic mass is 9.89. The van der Waals surface area contributed by atoms with Gasteiger partial charge < -0.3 is 15.3 Å². The predicted octanol–water partition coefficient (Wildman–Crippen LogP) is 3.58. The zero-order valence-electron chi connectivity index (χ0n) is 16.0. The Labute approximate surface area is 161 Å². The average Bonchev–Trinajstić information content (AvgIpc) is 2.89. The first kappa shape index (κ1) is 23.1. The van der Waals surface area contributed by atoms with Crippen molar-refractivity contribution in [1.29, 1.82) is 0 Å². The third-order valence-electron chi connectivity index (χ3n) is 4.63. The standard InChI is InChI=1S/C22H32O5/c1-2-3-4-5-6-7-8-9-10-11-17(23)12-13-18-19(14-15-22(26)27)21(25)16-20(18)24/h3-4,6-7,9-10,12-13,17-19,21,23,25H,2,5,8,11,14-16H2,1H3,(H,26,27)/b4-3-,7-6+,10-9-,13-12+/t17-,18-,19+,21-/m1/s1. The van der Waals surface area contributed by atoms with E-state index in [2.05, 4.69) is 31.2 Å². The number of aliphatic hydroxyl groups is 2. The van der Waals surface area contributed by atoms with Crippen molar-refractivity contribution >= 4 is 11.8 Å². The molecule has 1 aliphatic carbocycles. The minimum absolute atomic E-state index is 0.0507. The van der Waals surface area contributed by atoms with E-state index in [1.54, 1.807) is 12.2 Å². The molecule has 5 nitrogen and oxygen atoms in total. The lowest BCUT2D eigenvalue weighted by molar-refractivity contribution is -0.137. The van der Waals surface area contributed by atoms with Crippen LogP contribution in [-0.4, -0.2) is 39.3 Å². The predicted molar refractivity (Wildman–Crippen MR) is 106 cm³/mol. The second kappa shape index (κ2) is 13.2. The van der Waals surface area contributed by atoms with Crippen LogP contribution in [0.5, 0.6) is 0 Å². The first-order chi connectivity index (χ1) is 13.0. The highest BCUT2D eigenvalue weighted by Crippen LogP contribution is 2.34. The molecule has 27 heavy (non-hydrogen) atoms. The fourth-order valence-corrected chi connectivity index (χ4v) is 3.15. The molecule has 0 unspecified atom stereocenters. The largest absolute Gasteiger partial charge is 0.481 e. The van der Waals surface area contributed by atoms with Crippen molar-refractivity contribution in [3.63, 3.8) is 0 Å². The molecule has 5 heteroatoms. The van der Waals surface area contributed by atoms with Gasteiger partial charge in [0.1, 0.15) is 5.78 Å². The van der Waals surface area contributed by atoms with E-state index in [9.17, 15) is 19.8 Å². The number of aliphatic carboxylic acids is 1. The third kappa shape index (κ3) is 9.50. The topological polar surface area (TPSA) is 94.8 Å². The lowest BCUT2D eigenvalue weighted by Crippen LogP contribution is -2.20. The molecule has 0 radical (unpaired) electrons. The lowest BCUT2D eigenvalue weighted by Gasteiger charge is -2.17. The summed E-state index contributed by atoms with van der Waals surface area (Å²) in [6.45, 7) is 2.10. The highest BCUT2D eigenvalue weighted by Gasteiger charge is 2.39. The number of carboxylic acid groups (broad SMARTS) is 1. The Balaban J connectivity index is 2.40. The van der Waals surface area contributed by atoms with E-state index in [1.807, 2.05) is 12.2 Å². The van der Waals surface area contributed by atoms with Crippen molar-refractivity contribution in [3.8, 4) is 0 Å². The van der Waals surface area contributed by atoms with Gasteiger partial charge in [-0.25, -0.2) is 0 Å². The monoisotopic (exact) mass is 376 g/mol. The quantitative estimate of drug-likeness (QED) is 0.453. The minimum Gasteiger partial charge on any atom is -0.481 e. The number of carbonyl (C=O) groups is 2. The number of carboxylic acids is 1. The highest BCUT2D eigenvalue weighted by atomic mass is 16.4. The zero-order chi connectivity index (χ0) is 20.1. The number of carbonyl (C=O) groups excluding carboxylic acids is 1. The summed E-state index contributed by atoms with van der Waals surface area (Å²) in [5, 5.41) is 28.8. The Morgan fingerprint density at radius 1 is 1.15 bits per heavy atom. The molecular weight excluding hydrogens is 344 g/mol. The third-order valence-corrected chi connectivity index (χ3v) is 4.63. The molecule has 1 fully saturated rings. The molecule has 0 heterocycles. The van der Waals surface area contributed by atoms with E-state index in [0.29, 0.717) is 6.42 Å². The van der Waals surface area contributed by atoms with Crippen molar-refractivity contribution in [2.24, 2.45) is 11.8 Å². The molecule has 1 rings (SSSR count). The Hall–Kier alpha value is -1.98. The van der Waals surface area contributed by atoms with Gasteiger partial charge in [-0.05, 0) is 38.0 Å². The normalized spacial score (nSPS) is 24.9. The summed E-state index contributed by atoms with van der Waals surface area (Å²) in [7, 11) is 0. The molecule has 0 aromatic rings. The number of hydrogen-bond donors (Lipinski definition) is 3. The van der Waals surface area contributed by atoms with Crippen molar-refractivity contribution in [3.05, 3.63) is 48.6 Å². The van der Waals surface area contributed by atoms with Gasteiger partial charge >= 0.3 is 5.97 Å². The molecular formula is C22H32O5. The van der Waals surface area contributed by atoms with E-state index in [-0.39, 0.29) is 31.0 Å². The van der Waals surface area contributed by atoms with Crippen LogP contribution in [0.1, 0.15) is 51.9 Å². The summed E-state index contributed by atoms with van der Waals surface area (Å²) in [4.78, 5) is 22.7. The van der Waals surface area contributed by atoms with Crippen molar-refractivity contribution in [2.75, 3.05) is 0 Å². The molecule has 3 N–H and O–H groups in total. The summed E-state index contributed by atoms with van der Waals surface area (Å²) in [6, 6.07) is 0. The van der Waals surface area contributed by atoms with Gasteiger partial charge in [-0.1, -0.05) is 55.5 Å². The fraction of sp³-hybridized carbons (Fsp3) is 0.545. The van der Waals surface area contributed by atoms with Gasteiger partial charge in [-0.3, -0.25) is 9.59 Å². The van der Waals surface area contributed by atoms with Crippen LogP contribution in [0, 0.1) is 11.8 Å². The van der Waals surface area contributed by atoms with Gasteiger partial charge in [0.15, 0.2) is 0 Å². The maximum Gasteiger partial charge on any atom is 0.303 e. The first-order valence-electron chi connectivity index (χ1n) is 9.69. The number of hydrogen-bond acceptors (Lipinski definition) is 4. The van der Waals surface area contributed by atoms with Gasteiger partial charge in [0.05, 0.1) is 12.2 Å². The van der Waals surface area contributed by atoms with E-state index < -0.39 is 24.1 Å². The van der Waals surface area contributed by atoms with Crippen LogP contribution in [0.15, 0.2) is 48.6 Å². The Morgan fingerprint density at radius 2 is 1.78 bits per heavy atom. The molecule has 0 bridgehead atoms. The van der Waals surface area contributed by atoms with Gasteiger partial charge in [0.25, 0.3) is 0 Å². The smallest absolute Gasteiger partial charge is 0.303 e. The second-order valence-electron chi connectivity index (χ2n) is 6.84. The van der Waals surface area contributed by atoms with Crippen molar-refractivity contribution in [1.82, 2.24) is 0 Å². The minimum atomic E-state index is -0.940. The Bertz CT molecular complexity index is 573. The molecule has 0 aliphatic heterocycles. The Morgan fingerprint density at radius 3 is 2.41 bits per heavy atom.